The van der Waals surface area contributed by atoms with E-state index < -0.39 is 0 Å². The summed E-state index contributed by atoms with van der Waals surface area (Å²) in [5.41, 5.74) is 2.95. The Hall–Kier alpha value is -2.86. The second kappa shape index (κ2) is 8.02. The van der Waals surface area contributed by atoms with Gasteiger partial charge in [0.1, 0.15) is 5.75 Å². The van der Waals surface area contributed by atoms with Crippen molar-refractivity contribution in [2.75, 3.05) is 37.0 Å². The Morgan fingerprint density at radius 2 is 1.89 bits per heavy atom. The van der Waals surface area contributed by atoms with Gasteiger partial charge in [-0.3, -0.25) is 14.5 Å². The van der Waals surface area contributed by atoms with Crippen molar-refractivity contribution in [3.8, 4) is 5.75 Å². The molecule has 2 aliphatic rings. The molecule has 2 aromatic carbocycles. The highest BCUT2D eigenvalue weighted by Gasteiger charge is 2.34. The van der Waals surface area contributed by atoms with Crippen molar-refractivity contribution < 1.29 is 14.3 Å². The number of amides is 2. The fourth-order valence-electron chi connectivity index (χ4n) is 4.07. The number of nitrogens with zero attached hydrogens (tertiary/aromatic N) is 2. The molecule has 0 aromatic heterocycles. The molecule has 1 fully saturated rings. The molecule has 146 valence electrons. The van der Waals surface area contributed by atoms with Crippen molar-refractivity contribution >= 4 is 23.2 Å². The zero-order valence-corrected chi connectivity index (χ0v) is 16.1. The molecule has 6 nitrogen and oxygen atoms in total. The summed E-state index contributed by atoms with van der Waals surface area (Å²) >= 11 is 0. The van der Waals surface area contributed by atoms with Crippen molar-refractivity contribution in [2.24, 2.45) is 0 Å². The first-order valence-electron chi connectivity index (χ1n) is 9.73. The van der Waals surface area contributed by atoms with Crippen LogP contribution in [0.2, 0.25) is 0 Å². The summed E-state index contributed by atoms with van der Waals surface area (Å²) in [6.45, 7) is 1.76. The SMILES string of the molecule is COc1ccc(NC(=O)[C@@H]2CCCN2CC(=O)N2CCc3ccccc32)cc1. The molecule has 0 bridgehead atoms. The minimum Gasteiger partial charge on any atom is -0.497 e. The van der Waals surface area contributed by atoms with Gasteiger partial charge >= 0.3 is 0 Å². The van der Waals surface area contributed by atoms with Gasteiger partial charge in [0.15, 0.2) is 0 Å². The Morgan fingerprint density at radius 1 is 1.11 bits per heavy atom. The van der Waals surface area contributed by atoms with Crippen LogP contribution in [0.5, 0.6) is 5.75 Å². The molecule has 0 radical (unpaired) electrons. The van der Waals surface area contributed by atoms with E-state index >= 15 is 0 Å². The fraction of sp³-hybridized carbons (Fsp3) is 0.364. The lowest BCUT2D eigenvalue weighted by atomic mass is 10.2. The number of hydrogen-bond donors (Lipinski definition) is 1. The van der Waals surface area contributed by atoms with Crippen molar-refractivity contribution in [2.45, 2.75) is 25.3 Å². The number of ether oxygens (including phenoxy) is 1. The minimum absolute atomic E-state index is 0.0581. The Kier molecular flexibility index (Phi) is 5.30. The Bertz CT molecular complexity index is 866. The molecule has 4 rings (SSSR count). The first kappa shape index (κ1) is 18.5. The van der Waals surface area contributed by atoms with Crippen LogP contribution in [0.25, 0.3) is 0 Å². The number of para-hydroxylation sites is 1. The van der Waals surface area contributed by atoms with Gasteiger partial charge in [0, 0.05) is 17.9 Å². The van der Waals surface area contributed by atoms with Crippen LogP contribution in [0.15, 0.2) is 48.5 Å². The van der Waals surface area contributed by atoms with E-state index in [2.05, 4.69) is 11.4 Å². The quantitative estimate of drug-likeness (QED) is 0.868. The van der Waals surface area contributed by atoms with Gasteiger partial charge in [-0.1, -0.05) is 18.2 Å². The Morgan fingerprint density at radius 3 is 2.68 bits per heavy atom. The second-order valence-corrected chi connectivity index (χ2v) is 7.27. The van der Waals surface area contributed by atoms with Crippen molar-refractivity contribution in [1.29, 1.82) is 0 Å². The molecule has 2 amide bonds. The first-order valence-corrected chi connectivity index (χ1v) is 9.73. The zero-order chi connectivity index (χ0) is 19.5. The standard InChI is InChI=1S/C22H25N3O3/c1-28-18-10-8-17(9-11-18)23-22(27)20-7-4-13-24(20)15-21(26)25-14-12-16-5-2-3-6-19(16)25/h2-3,5-6,8-11,20H,4,7,12-15H2,1H3,(H,23,27)/t20-/m0/s1. The smallest absolute Gasteiger partial charge is 0.241 e. The second-order valence-electron chi connectivity index (χ2n) is 7.27. The molecular formula is C22H25N3O3. The normalized spacial score (nSPS) is 18.8. The van der Waals surface area contributed by atoms with Gasteiger partial charge in [0.2, 0.25) is 11.8 Å². The molecule has 28 heavy (non-hydrogen) atoms. The van der Waals surface area contributed by atoms with E-state index in [0.29, 0.717) is 6.54 Å². The summed E-state index contributed by atoms with van der Waals surface area (Å²) in [4.78, 5) is 29.5. The van der Waals surface area contributed by atoms with E-state index in [0.717, 1.165) is 42.9 Å². The van der Waals surface area contributed by atoms with E-state index in [1.165, 1.54) is 5.56 Å². The third-order valence-corrected chi connectivity index (χ3v) is 5.55. The van der Waals surface area contributed by atoms with Crippen molar-refractivity contribution in [1.82, 2.24) is 4.90 Å². The van der Waals surface area contributed by atoms with Crippen molar-refractivity contribution in [3.63, 3.8) is 0 Å². The van der Waals surface area contributed by atoms with Crippen LogP contribution in [0.1, 0.15) is 18.4 Å². The van der Waals surface area contributed by atoms with E-state index in [-0.39, 0.29) is 24.4 Å². The molecule has 6 heteroatoms. The average Bonchev–Trinajstić information content (AvgIpc) is 3.35. The third-order valence-electron chi connectivity index (χ3n) is 5.55. The molecule has 2 aromatic rings. The maximum atomic E-state index is 12.9. The van der Waals surface area contributed by atoms with Gasteiger partial charge in [-0.05, 0) is 61.7 Å². The molecule has 0 aliphatic carbocycles. The highest BCUT2D eigenvalue weighted by molar-refractivity contribution is 5.98. The molecule has 1 N–H and O–H groups in total. The zero-order valence-electron chi connectivity index (χ0n) is 16.1. The summed E-state index contributed by atoms with van der Waals surface area (Å²) < 4.78 is 5.15. The van der Waals surface area contributed by atoms with Gasteiger partial charge in [-0.2, -0.15) is 0 Å². The number of carbonyl (C=O) groups is 2. The number of nitrogens with one attached hydrogen (secondary N) is 1. The van der Waals surface area contributed by atoms with Gasteiger partial charge in [0.05, 0.1) is 19.7 Å². The fourth-order valence-corrected chi connectivity index (χ4v) is 4.07. The number of likely N-dealkylation sites (tertiary alicyclic amines) is 1. The summed E-state index contributed by atoms with van der Waals surface area (Å²) in [5.74, 6) is 0.753. The Balaban J connectivity index is 1.39. The van der Waals surface area contributed by atoms with Crippen LogP contribution >= 0.6 is 0 Å². The van der Waals surface area contributed by atoms with E-state index in [1.807, 2.05) is 52.3 Å². The molecule has 0 spiro atoms. The predicted octanol–water partition coefficient (Wildman–Crippen LogP) is 2.69. The molecule has 2 aliphatic heterocycles. The highest BCUT2D eigenvalue weighted by atomic mass is 16.5. The van der Waals surface area contributed by atoms with Gasteiger partial charge in [0.25, 0.3) is 0 Å². The topological polar surface area (TPSA) is 61.9 Å². The van der Waals surface area contributed by atoms with Crippen LogP contribution in [-0.4, -0.2) is 49.5 Å². The molecule has 0 saturated carbocycles. The maximum Gasteiger partial charge on any atom is 0.241 e. The predicted molar refractivity (Wildman–Crippen MR) is 109 cm³/mol. The average molecular weight is 379 g/mol. The van der Waals surface area contributed by atoms with E-state index in [9.17, 15) is 9.59 Å². The number of anilines is 2. The number of carbonyl (C=O) groups excluding carboxylic acids is 2. The van der Waals surface area contributed by atoms with E-state index in [1.54, 1.807) is 7.11 Å². The molecule has 0 unspecified atom stereocenters. The molecule has 2 heterocycles. The first-order chi connectivity index (χ1) is 13.7. The summed E-state index contributed by atoms with van der Waals surface area (Å²) in [6.07, 6.45) is 2.58. The van der Waals surface area contributed by atoms with Crippen LogP contribution < -0.4 is 15.0 Å². The third kappa shape index (κ3) is 3.73. The summed E-state index contributed by atoms with van der Waals surface area (Å²) in [5, 5.41) is 2.96. The minimum atomic E-state index is -0.274. The molecular weight excluding hydrogens is 354 g/mol. The molecule has 1 atom stereocenters. The van der Waals surface area contributed by atoms with Gasteiger partial charge in [-0.15, -0.1) is 0 Å². The summed E-state index contributed by atoms with van der Waals surface area (Å²) in [6, 6.07) is 15.0. The highest BCUT2D eigenvalue weighted by Crippen LogP contribution is 2.28. The van der Waals surface area contributed by atoms with Crippen LogP contribution in [0, 0.1) is 0 Å². The number of fused-ring (bicyclic) bond motifs is 1. The molecule has 1 saturated heterocycles. The van der Waals surface area contributed by atoms with Gasteiger partial charge in [-0.25, -0.2) is 0 Å². The van der Waals surface area contributed by atoms with Crippen LogP contribution in [0.3, 0.4) is 0 Å². The maximum absolute atomic E-state index is 12.9. The summed E-state index contributed by atoms with van der Waals surface area (Å²) in [7, 11) is 1.61. The van der Waals surface area contributed by atoms with Gasteiger partial charge < -0.3 is 15.0 Å². The number of methoxy groups -OCH3 is 1. The lowest BCUT2D eigenvalue weighted by Crippen LogP contribution is -2.46. The van der Waals surface area contributed by atoms with Crippen LogP contribution in [-0.2, 0) is 16.0 Å². The van der Waals surface area contributed by atoms with Crippen molar-refractivity contribution in [3.05, 3.63) is 54.1 Å². The largest absolute Gasteiger partial charge is 0.497 e. The van der Waals surface area contributed by atoms with Crippen LogP contribution in [0.4, 0.5) is 11.4 Å². The number of hydrogen-bond acceptors (Lipinski definition) is 4. The lowest BCUT2D eigenvalue weighted by Gasteiger charge is -2.26. The monoisotopic (exact) mass is 379 g/mol. The van der Waals surface area contributed by atoms with E-state index in [4.69, 9.17) is 4.74 Å². The number of benzene rings is 2. The Labute approximate surface area is 165 Å². The number of rotatable bonds is 5. The lowest BCUT2D eigenvalue weighted by molar-refractivity contribution is -0.123.